The van der Waals surface area contributed by atoms with Crippen LogP contribution < -0.4 is 10.6 Å². The highest BCUT2D eigenvalue weighted by Gasteiger charge is 2.25. The van der Waals surface area contributed by atoms with Gasteiger partial charge >= 0.3 is 0 Å². The Balaban J connectivity index is 1.87. The van der Waals surface area contributed by atoms with Crippen LogP contribution in [0, 0.1) is 12.8 Å². The fourth-order valence-electron chi connectivity index (χ4n) is 1.86. The summed E-state index contributed by atoms with van der Waals surface area (Å²) in [5.74, 6) is -0.0473. The van der Waals surface area contributed by atoms with Gasteiger partial charge in [-0.3, -0.25) is 9.78 Å². The Morgan fingerprint density at radius 3 is 3.00 bits per heavy atom. The molecule has 3 N–H and O–H groups in total. The molecule has 1 fully saturated rings. The van der Waals surface area contributed by atoms with Gasteiger partial charge in [0.15, 0.2) is 0 Å². The second kappa shape index (κ2) is 5.25. The molecule has 2 unspecified atom stereocenters. The van der Waals surface area contributed by atoms with Crippen molar-refractivity contribution >= 4 is 5.91 Å². The number of carbonyl (C=O) groups excluding carboxylic acids is 1. The normalized spacial score (nSPS) is 23.6. The molecular formula is C12H17N3O2. The molecular weight excluding hydrogens is 218 g/mol. The van der Waals surface area contributed by atoms with E-state index in [9.17, 15) is 9.90 Å². The summed E-state index contributed by atoms with van der Waals surface area (Å²) in [5, 5.41) is 15.5. The molecule has 0 radical (unpaired) electrons. The number of pyridine rings is 1. The molecule has 0 bridgehead atoms. The third kappa shape index (κ3) is 3.01. The van der Waals surface area contributed by atoms with E-state index in [0.29, 0.717) is 18.7 Å². The van der Waals surface area contributed by atoms with Crippen molar-refractivity contribution in [3.8, 4) is 0 Å². The lowest BCUT2D eigenvalue weighted by Gasteiger charge is -2.13. The molecule has 2 rings (SSSR count). The third-order valence-corrected chi connectivity index (χ3v) is 3.00. The van der Waals surface area contributed by atoms with E-state index < -0.39 is 0 Å². The Hall–Kier alpha value is -1.46. The van der Waals surface area contributed by atoms with Gasteiger partial charge in [-0.05, 0) is 19.1 Å². The van der Waals surface area contributed by atoms with Crippen LogP contribution in [0.1, 0.15) is 16.1 Å². The zero-order valence-corrected chi connectivity index (χ0v) is 9.81. The molecule has 1 amide bonds. The molecule has 0 aliphatic carbocycles. The summed E-state index contributed by atoms with van der Waals surface area (Å²) < 4.78 is 0. The van der Waals surface area contributed by atoms with Gasteiger partial charge in [-0.1, -0.05) is 0 Å². The second-order valence-corrected chi connectivity index (χ2v) is 4.38. The SMILES string of the molecule is Cc1ccc(C(=O)NCC2CNCC2O)cn1. The highest BCUT2D eigenvalue weighted by molar-refractivity contribution is 5.93. The van der Waals surface area contributed by atoms with Gasteiger partial charge in [0, 0.05) is 37.4 Å². The minimum Gasteiger partial charge on any atom is -0.391 e. The van der Waals surface area contributed by atoms with Gasteiger partial charge in [-0.2, -0.15) is 0 Å². The number of amides is 1. The Bertz CT molecular complexity index is 391. The predicted molar refractivity (Wildman–Crippen MR) is 63.7 cm³/mol. The van der Waals surface area contributed by atoms with Gasteiger partial charge in [0.05, 0.1) is 11.7 Å². The largest absolute Gasteiger partial charge is 0.391 e. The van der Waals surface area contributed by atoms with E-state index in [1.807, 2.05) is 6.92 Å². The van der Waals surface area contributed by atoms with E-state index in [1.165, 1.54) is 0 Å². The highest BCUT2D eigenvalue weighted by Crippen LogP contribution is 2.07. The highest BCUT2D eigenvalue weighted by atomic mass is 16.3. The molecule has 17 heavy (non-hydrogen) atoms. The van der Waals surface area contributed by atoms with Crippen molar-refractivity contribution in [3.05, 3.63) is 29.6 Å². The van der Waals surface area contributed by atoms with Crippen molar-refractivity contribution < 1.29 is 9.90 Å². The van der Waals surface area contributed by atoms with Crippen LogP contribution in [0.25, 0.3) is 0 Å². The molecule has 1 saturated heterocycles. The molecule has 0 spiro atoms. The number of nitrogens with zero attached hydrogens (tertiary/aromatic N) is 1. The molecule has 1 aromatic rings. The lowest BCUT2D eigenvalue weighted by atomic mass is 10.1. The van der Waals surface area contributed by atoms with E-state index in [0.717, 1.165) is 12.2 Å². The Kier molecular flexibility index (Phi) is 3.71. The van der Waals surface area contributed by atoms with E-state index >= 15 is 0 Å². The van der Waals surface area contributed by atoms with Crippen LogP contribution in [0.3, 0.4) is 0 Å². The zero-order chi connectivity index (χ0) is 12.3. The molecule has 1 aromatic heterocycles. The van der Waals surface area contributed by atoms with Gasteiger partial charge in [0.25, 0.3) is 5.91 Å². The number of β-amino-alcohol motifs (C(OH)–C–C–N with tert-alkyl or cyclic N) is 1. The molecule has 0 aromatic carbocycles. The van der Waals surface area contributed by atoms with Gasteiger partial charge < -0.3 is 15.7 Å². The fraction of sp³-hybridized carbons (Fsp3) is 0.500. The van der Waals surface area contributed by atoms with Crippen molar-refractivity contribution in [2.45, 2.75) is 13.0 Å². The molecule has 1 aliphatic rings. The number of aryl methyl sites for hydroxylation is 1. The van der Waals surface area contributed by atoms with E-state index in [-0.39, 0.29) is 17.9 Å². The number of aliphatic hydroxyl groups excluding tert-OH is 1. The first kappa shape index (κ1) is 12.0. The van der Waals surface area contributed by atoms with Gasteiger partial charge in [-0.15, -0.1) is 0 Å². The number of hydrogen-bond acceptors (Lipinski definition) is 4. The fourth-order valence-corrected chi connectivity index (χ4v) is 1.86. The van der Waals surface area contributed by atoms with Crippen molar-refractivity contribution in [2.75, 3.05) is 19.6 Å². The number of hydrogen-bond donors (Lipinski definition) is 3. The predicted octanol–water partition coefficient (Wildman–Crippen LogP) is -0.300. The second-order valence-electron chi connectivity index (χ2n) is 4.38. The van der Waals surface area contributed by atoms with Crippen molar-refractivity contribution in [1.82, 2.24) is 15.6 Å². The Morgan fingerprint density at radius 1 is 1.59 bits per heavy atom. The summed E-state index contributed by atoms with van der Waals surface area (Å²) in [6, 6.07) is 3.56. The molecule has 1 aliphatic heterocycles. The Morgan fingerprint density at radius 2 is 2.41 bits per heavy atom. The number of carbonyl (C=O) groups is 1. The van der Waals surface area contributed by atoms with Crippen molar-refractivity contribution in [3.63, 3.8) is 0 Å². The lowest BCUT2D eigenvalue weighted by molar-refractivity contribution is 0.0926. The quantitative estimate of drug-likeness (QED) is 0.672. The number of aliphatic hydroxyl groups is 1. The Labute approximate surface area is 100 Å². The topological polar surface area (TPSA) is 74.2 Å². The smallest absolute Gasteiger partial charge is 0.252 e. The van der Waals surface area contributed by atoms with Crippen molar-refractivity contribution in [2.24, 2.45) is 5.92 Å². The minimum absolute atomic E-state index is 0.0948. The van der Waals surface area contributed by atoms with Crippen molar-refractivity contribution in [1.29, 1.82) is 0 Å². The average Bonchev–Trinajstić information content (AvgIpc) is 2.73. The zero-order valence-electron chi connectivity index (χ0n) is 9.81. The molecule has 2 atom stereocenters. The first-order valence-corrected chi connectivity index (χ1v) is 5.76. The first-order chi connectivity index (χ1) is 8.16. The van der Waals surface area contributed by atoms with Crippen LogP contribution in [0.2, 0.25) is 0 Å². The number of rotatable bonds is 3. The summed E-state index contributed by atoms with van der Waals surface area (Å²) in [7, 11) is 0. The van der Waals surface area contributed by atoms with Gasteiger partial charge in [0.2, 0.25) is 0 Å². The molecule has 0 saturated carbocycles. The van der Waals surface area contributed by atoms with Gasteiger partial charge in [0.1, 0.15) is 0 Å². The minimum atomic E-state index is -0.369. The van der Waals surface area contributed by atoms with Crippen LogP contribution >= 0.6 is 0 Å². The summed E-state index contributed by atoms with van der Waals surface area (Å²) in [5.41, 5.74) is 1.44. The molecule has 92 valence electrons. The van der Waals surface area contributed by atoms with Crippen LogP contribution in [0.4, 0.5) is 0 Å². The number of aromatic nitrogens is 1. The standard InChI is InChI=1S/C12H17N3O2/c1-8-2-3-9(5-14-8)12(17)15-6-10-4-13-7-11(10)16/h2-3,5,10-11,13,16H,4,6-7H2,1H3,(H,15,17). The van der Waals surface area contributed by atoms with E-state index in [1.54, 1.807) is 18.3 Å². The maximum Gasteiger partial charge on any atom is 0.252 e. The maximum absolute atomic E-state index is 11.8. The summed E-state index contributed by atoms with van der Waals surface area (Å²) in [6.45, 7) is 3.71. The van der Waals surface area contributed by atoms with Gasteiger partial charge in [-0.25, -0.2) is 0 Å². The number of nitrogens with one attached hydrogen (secondary N) is 2. The monoisotopic (exact) mass is 235 g/mol. The van der Waals surface area contributed by atoms with Crippen LogP contribution in [0.5, 0.6) is 0 Å². The van der Waals surface area contributed by atoms with Crippen LogP contribution in [-0.2, 0) is 0 Å². The first-order valence-electron chi connectivity index (χ1n) is 5.76. The van der Waals surface area contributed by atoms with E-state index in [4.69, 9.17) is 0 Å². The van der Waals surface area contributed by atoms with E-state index in [2.05, 4.69) is 15.6 Å². The average molecular weight is 235 g/mol. The molecule has 2 heterocycles. The summed E-state index contributed by atoms with van der Waals surface area (Å²) in [6.07, 6.45) is 1.19. The van der Waals surface area contributed by atoms with Crippen LogP contribution in [0.15, 0.2) is 18.3 Å². The molecule has 5 nitrogen and oxygen atoms in total. The summed E-state index contributed by atoms with van der Waals surface area (Å²) >= 11 is 0. The molecule has 5 heteroatoms. The third-order valence-electron chi connectivity index (χ3n) is 3.00. The maximum atomic E-state index is 11.8. The summed E-state index contributed by atoms with van der Waals surface area (Å²) in [4.78, 5) is 15.8. The van der Waals surface area contributed by atoms with Crippen LogP contribution in [-0.4, -0.2) is 41.7 Å². The lowest BCUT2D eigenvalue weighted by Crippen LogP contribution is -2.34.